The fourth-order valence-corrected chi connectivity index (χ4v) is 4.87. The molecule has 180 valence electrons. The molecule has 1 aliphatic heterocycles. The first-order valence-corrected chi connectivity index (χ1v) is 12.8. The maximum absolute atomic E-state index is 13.5. The van der Waals surface area contributed by atoms with E-state index < -0.39 is 0 Å². The molecule has 0 saturated carbocycles. The lowest BCUT2D eigenvalue weighted by molar-refractivity contribution is -0.113. The lowest BCUT2D eigenvalue weighted by Gasteiger charge is -2.18. The van der Waals surface area contributed by atoms with Crippen LogP contribution in [-0.2, 0) is 10.5 Å². The monoisotopic (exact) mass is 494 g/mol. The molecule has 36 heavy (non-hydrogen) atoms. The number of aliphatic imine (C=N–C) groups is 1. The summed E-state index contributed by atoms with van der Waals surface area (Å²) >= 11 is 1.39. The number of fused-ring (bicyclic) bond motifs is 1. The van der Waals surface area contributed by atoms with Gasteiger partial charge in [-0.3, -0.25) is 18.9 Å². The van der Waals surface area contributed by atoms with Gasteiger partial charge in [-0.05, 0) is 54.3 Å². The first kappa shape index (κ1) is 23.8. The van der Waals surface area contributed by atoms with Gasteiger partial charge >= 0.3 is 0 Å². The zero-order valence-corrected chi connectivity index (χ0v) is 21.2. The second kappa shape index (κ2) is 9.95. The number of amidine groups is 1. The summed E-state index contributed by atoms with van der Waals surface area (Å²) in [5.74, 6) is 0.668. The Bertz CT molecular complexity index is 1550. The van der Waals surface area contributed by atoms with Gasteiger partial charge in [0.25, 0.3) is 11.5 Å². The van der Waals surface area contributed by atoms with Crippen molar-refractivity contribution in [2.24, 2.45) is 4.99 Å². The van der Waals surface area contributed by atoms with Crippen molar-refractivity contribution in [3.05, 3.63) is 117 Å². The fraction of sp³-hybridized carbons (Fsp3) is 0.172. The number of thioether (sulfide) groups is 1. The van der Waals surface area contributed by atoms with Crippen LogP contribution in [-0.4, -0.2) is 20.5 Å². The minimum absolute atomic E-state index is 0.138. The lowest BCUT2D eigenvalue weighted by atomic mass is 10.0. The molecule has 1 aliphatic rings. The summed E-state index contributed by atoms with van der Waals surface area (Å²) in [4.78, 5) is 36.9. The Hall–Kier alpha value is -3.97. The molecule has 0 bridgehead atoms. The lowest BCUT2D eigenvalue weighted by Crippen LogP contribution is -2.30. The molecule has 0 N–H and O–H groups in total. The van der Waals surface area contributed by atoms with Crippen LogP contribution in [0.1, 0.15) is 42.1 Å². The molecule has 7 heteroatoms. The molecule has 0 aliphatic carbocycles. The van der Waals surface area contributed by atoms with Gasteiger partial charge in [0.05, 0.1) is 11.4 Å². The van der Waals surface area contributed by atoms with E-state index in [1.807, 2.05) is 55.5 Å². The number of carbonyl (C=O) groups excluding carboxylic acids is 1. The third kappa shape index (κ3) is 4.88. The van der Waals surface area contributed by atoms with Crippen LogP contribution >= 0.6 is 11.8 Å². The largest absolute Gasteiger partial charge is 0.283 e. The summed E-state index contributed by atoms with van der Waals surface area (Å²) in [5.41, 5.74) is 5.49. The van der Waals surface area contributed by atoms with Crippen LogP contribution in [0.3, 0.4) is 0 Å². The van der Waals surface area contributed by atoms with Crippen LogP contribution < -0.4 is 10.5 Å². The number of aromatic nitrogens is 2. The summed E-state index contributed by atoms with van der Waals surface area (Å²) in [6.07, 6.45) is 3.52. The Labute approximate surface area is 214 Å². The SMILES string of the molecule is Cc1ccc(N2C(=O)/C(=C/c3ccc(C(C)C)cc3)N=C2SCc2cc(=O)n3ccccc3n2)cc1. The zero-order chi connectivity index (χ0) is 25.2. The maximum atomic E-state index is 13.5. The maximum Gasteiger partial charge on any atom is 0.283 e. The summed E-state index contributed by atoms with van der Waals surface area (Å²) < 4.78 is 1.51. The van der Waals surface area contributed by atoms with Gasteiger partial charge in [-0.1, -0.05) is 73.6 Å². The average Bonchev–Trinajstić information content (AvgIpc) is 3.18. The van der Waals surface area contributed by atoms with Crippen molar-refractivity contribution >= 4 is 40.2 Å². The van der Waals surface area contributed by atoms with Crippen LogP contribution in [0.15, 0.2) is 94.5 Å². The van der Waals surface area contributed by atoms with Gasteiger partial charge in [0, 0.05) is 18.0 Å². The highest BCUT2D eigenvalue weighted by molar-refractivity contribution is 8.13. The quantitative estimate of drug-likeness (QED) is 0.329. The van der Waals surface area contributed by atoms with E-state index in [4.69, 9.17) is 4.99 Å². The minimum Gasteiger partial charge on any atom is -0.269 e. The normalized spacial score (nSPS) is 14.8. The molecule has 5 rings (SSSR count). The number of pyridine rings is 1. The molecule has 2 aromatic carbocycles. The molecule has 0 saturated heterocycles. The van der Waals surface area contributed by atoms with Crippen molar-refractivity contribution in [1.82, 2.24) is 9.38 Å². The summed E-state index contributed by atoms with van der Waals surface area (Å²) in [6.45, 7) is 6.32. The van der Waals surface area contributed by atoms with Crippen molar-refractivity contribution in [3.63, 3.8) is 0 Å². The highest BCUT2D eigenvalue weighted by Gasteiger charge is 2.32. The predicted molar refractivity (Wildman–Crippen MR) is 147 cm³/mol. The molecule has 2 aromatic heterocycles. The van der Waals surface area contributed by atoms with Gasteiger partial charge in [-0.15, -0.1) is 0 Å². The van der Waals surface area contributed by atoms with E-state index >= 15 is 0 Å². The second-order valence-corrected chi connectivity index (χ2v) is 9.97. The zero-order valence-electron chi connectivity index (χ0n) is 20.4. The minimum atomic E-state index is -0.180. The Balaban J connectivity index is 1.47. The number of nitrogens with zero attached hydrogens (tertiary/aromatic N) is 4. The van der Waals surface area contributed by atoms with Crippen molar-refractivity contribution in [3.8, 4) is 0 Å². The molecule has 4 aromatic rings. The van der Waals surface area contributed by atoms with E-state index in [-0.39, 0.29) is 11.5 Å². The molecular formula is C29H26N4O2S. The number of hydrogen-bond acceptors (Lipinski definition) is 5. The van der Waals surface area contributed by atoms with Crippen LogP contribution in [0.25, 0.3) is 11.7 Å². The van der Waals surface area contributed by atoms with Gasteiger partial charge in [0.1, 0.15) is 11.3 Å². The molecular weight excluding hydrogens is 468 g/mol. The Morgan fingerprint density at radius 2 is 1.72 bits per heavy atom. The van der Waals surface area contributed by atoms with E-state index in [2.05, 4.69) is 31.0 Å². The van der Waals surface area contributed by atoms with E-state index in [1.54, 1.807) is 23.2 Å². The van der Waals surface area contributed by atoms with Gasteiger partial charge in [0.2, 0.25) is 0 Å². The number of rotatable bonds is 5. The molecule has 6 nitrogen and oxygen atoms in total. The molecule has 1 amide bonds. The number of hydrogen-bond donors (Lipinski definition) is 0. The fourth-order valence-electron chi connectivity index (χ4n) is 3.97. The van der Waals surface area contributed by atoms with Crippen LogP contribution in [0.2, 0.25) is 0 Å². The second-order valence-electron chi connectivity index (χ2n) is 9.02. The van der Waals surface area contributed by atoms with Crippen LogP contribution in [0.5, 0.6) is 0 Å². The van der Waals surface area contributed by atoms with E-state index in [1.165, 1.54) is 27.8 Å². The molecule has 0 fully saturated rings. The molecule has 3 heterocycles. The summed E-state index contributed by atoms with van der Waals surface area (Å²) in [7, 11) is 0. The predicted octanol–water partition coefficient (Wildman–Crippen LogP) is 5.80. The van der Waals surface area contributed by atoms with Crippen LogP contribution in [0, 0.1) is 6.92 Å². The molecule has 0 unspecified atom stereocenters. The van der Waals surface area contributed by atoms with Crippen molar-refractivity contribution in [2.75, 3.05) is 4.90 Å². The third-order valence-electron chi connectivity index (χ3n) is 6.00. The van der Waals surface area contributed by atoms with E-state index in [0.29, 0.717) is 33.9 Å². The van der Waals surface area contributed by atoms with Gasteiger partial charge < -0.3 is 0 Å². The van der Waals surface area contributed by atoms with Crippen molar-refractivity contribution in [1.29, 1.82) is 0 Å². The number of aryl methyl sites for hydroxylation is 1. The summed E-state index contributed by atoms with van der Waals surface area (Å²) in [6, 6.07) is 23.0. The van der Waals surface area contributed by atoms with E-state index in [9.17, 15) is 9.59 Å². The first-order chi connectivity index (χ1) is 17.4. The third-order valence-corrected chi connectivity index (χ3v) is 6.97. The van der Waals surface area contributed by atoms with Crippen LogP contribution in [0.4, 0.5) is 5.69 Å². The Kier molecular flexibility index (Phi) is 6.57. The van der Waals surface area contributed by atoms with Gasteiger partial charge in [0.15, 0.2) is 5.17 Å². The van der Waals surface area contributed by atoms with Gasteiger partial charge in [-0.25, -0.2) is 9.98 Å². The highest BCUT2D eigenvalue weighted by Crippen LogP contribution is 2.31. The molecule has 0 spiro atoms. The molecule has 0 atom stereocenters. The average molecular weight is 495 g/mol. The molecule has 0 radical (unpaired) electrons. The van der Waals surface area contributed by atoms with Crippen molar-refractivity contribution < 1.29 is 4.79 Å². The van der Waals surface area contributed by atoms with Crippen molar-refractivity contribution in [2.45, 2.75) is 32.4 Å². The van der Waals surface area contributed by atoms with Gasteiger partial charge in [-0.2, -0.15) is 0 Å². The smallest absolute Gasteiger partial charge is 0.269 e. The topological polar surface area (TPSA) is 67.0 Å². The first-order valence-electron chi connectivity index (χ1n) is 11.8. The highest BCUT2D eigenvalue weighted by atomic mass is 32.2. The Morgan fingerprint density at radius 3 is 2.44 bits per heavy atom. The Morgan fingerprint density at radius 1 is 0.972 bits per heavy atom. The number of benzene rings is 2. The number of anilines is 1. The summed E-state index contributed by atoms with van der Waals surface area (Å²) in [5, 5.41) is 0.559. The number of amides is 1. The van der Waals surface area contributed by atoms with E-state index in [0.717, 1.165) is 16.8 Å². The number of carbonyl (C=O) groups is 1. The standard InChI is InChI=1S/C29H26N4O2S/c1-19(2)22-11-9-21(10-12-22)16-25-28(35)33(24-13-7-20(3)8-14-24)29(31-25)36-18-23-17-27(34)32-15-5-4-6-26(32)30-23/h4-17,19H,18H2,1-3H3/b25-16-.